The summed E-state index contributed by atoms with van der Waals surface area (Å²) in [4.78, 5) is 45.2. The van der Waals surface area contributed by atoms with E-state index in [2.05, 4.69) is 23.5 Å². The van der Waals surface area contributed by atoms with E-state index >= 15 is 0 Å². The van der Waals surface area contributed by atoms with Crippen LogP contribution in [-0.4, -0.2) is 91.7 Å². The molecule has 4 heterocycles. The van der Waals surface area contributed by atoms with Crippen LogP contribution in [0.15, 0.2) is 49.6 Å². The molecule has 2 bridgehead atoms. The number of fused-ring (bicyclic) bond motifs is 2. The Morgan fingerprint density at radius 1 is 1.17 bits per heavy atom. The largest absolute Gasteiger partial charge is 0.465 e. The highest BCUT2D eigenvalue weighted by atomic mass is 16.6. The van der Waals surface area contributed by atoms with Crippen molar-refractivity contribution in [2.45, 2.75) is 75.8 Å². The molecule has 2 aromatic rings. The summed E-state index contributed by atoms with van der Waals surface area (Å²) in [6, 6.07) is 6.64. The molecule has 3 saturated heterocycles. The first-order valence-electron chi connectivity index (χ1n) is 15.0. The lowest BCUT2D eigenvalue weighted by Gasteiger charge is -2.36. The first kappa shape index (κ1) is 29.9. The number of hydrogen-bond acceptors (Lipinski definition) is 8. The van der Waals surface area contributed by atoms with Crippen molar-refractivity contribution in [2.75, 3.05) is 26.3 Å². The molecule has 226 valence electrons. The number of nitrogens with zero attached hydrogens (tertiary/aromatic N) is 5. The second-order valence-electron chi connectivity index (χ2n) is 11.4. The molecule has 1 N–H and O–H groups in total. The summed E-state index contributed by atoms with van der Waals surface area (Å²) in [6.07, 6.45) is 8.44. The molecular formula is C31H41N5O6. The van der Waals surface area contributed by atoms with Crippen molar-refractivity contribution in [1.82, 2.24) is 24.8 Å². The summed E-state index contributed by atoms with van der Waals surface area (Å²) >= 11 is 0. The third kappa shape index (κ3) is 5.47. The van der Waals surface area contributed by atoms with Crippen LogP contribution in [0.25, 0.3) is 11.0 Å². The lowest BCUT2D eigenvalue weighted by molar-refractivity contribution is -0.155. The van der Waals surface area contributed by atoms with Gasteiger partial charge >= 0.3 is 5.97 Å². The minimum Gasteiger partial charge on any atom is -0.465 e. The Bertz CT molecular complexity index is 1310. The van der Waals surface area contributed by atoms with Gasteiger partial charge in [0.1, 0.15) is 23.8 Å². The standard InChI is InChI=1S/C31H41N5O6/c1-3-5-12-20-41-30(40)25-24-15-16-31(42-24)26(25)28(38)35(18-10-6-7-11-19-37)27(31)29(39)34(17-4-2)21-36-23-14-9-8-13-22(23)32-33-36/h3-4,8-9,13-14,24-27,37H,1-2,5-7,10-12,15-21H2/t24-,25+,26+,27?,31?/m1/s1. The maximum Gasteiger partial charge on any atom is 0.312 e. The second kappa shape index (κ2) is 13.2. The van der Waals surface area contributed by atoms with Crippen LogP contribution in [-0.2, 0) is 30.5 Å². The quantitative estimate of drug-likeness (QED) is 0.183. The van der Waals surface area contributed by atoms with E-state index in [1.807, 2.05) is 24.3 Å². The number of allylic oxidation sites excluding steroid dienone is 1. The van der Waals surface area contributed by atoms with Crippen LogP contribution >= 0.6 is 0 Å². The molecule has 0 saturated carbocycles. The molecule has 3 aliphatic rings. The van der Waals surface area contributed by atoms with E-state index in [0.717, 1.165) is 30.3 Å². The number of likely N-dealkylation sites (tertiary alicyclic amines) is 1. The number of carbonyl (C=O) groups excluding carboxylic acids is 3. The Balaban J connectivity index is 1.43. The highest BCUT2D eigenvalue weighted by molar-refractivity contribution is 5.98. The van der Waals surface area contributed by atoms with Crippen molar-refractivity contribution in [3.05, 3.63) is 49.6 Å². The number of benzene rings is 1. The second-order valence-corrected chi connectivity index (χ2v) is 11.4. The van der Waals surface area contributed by atoms with Crippen molar-refractivity contribution >= 4 is 28.8 Å². The molecule has 11 heteroatoms. The molecule has 5 atom stereocenters. The third-order valence-corrected chi connectivity index (χ3v) is 8.80. The summed E-state index contributed by atoms with van der Waals surface area (Å²) in [5, 5.41) is 17.7. The normalized spacial score (nSPS) is 26.0. The summed E-state index contributed by atoms with van der Waals surface area (Å²) < 4.78 is 13.8. The minimum absolute atomic E-state index is 0.119. The van der Waals surface area contributed by atoms with Crippen molar-refractivity contribution in [3.63, 3.8) is 0 Å². The van der Waals surface area contributed by atoms with E-state index < -0.39 is 35.6 Å². The van der Waals surface area contributed by atoms with Crippen LogP contribution < -0.4 is 0 Å². The maximum absolute atomic E-state index is 14.5. The van der Waals surface area contributed by atoms with Gasteiger partial charge in [-0.1, -0.05) is 42.3 Å². The minimum atomic E-state index is -1.10. The molecule has 0 aliphatic carbocycles. The number of amides is 2. The van der Waals surface area contributed by atoms with Gasteiger partial charge in [-0.05, 0) is 50.7 Å². The van der Waals surface area contributed by atoms with Gasteiger partial charge in [0.15, 0.2) is 0 Å². The number of para-hydroxylation sites is 1. The molecule has 3 fully saturated rings. The Morgan fingerprint density at radius 2 is 1.98 bits per heavy atom. The molecule has 42 heavy (non-hydrogen) atoms. The summed E-state index contributed by atoms with van der Waals surface area (Å²) in [5.41, 5.74) is 0.407. The number of carbonyl (C=O) groups is 3. The van der Waals surface area contributed by atoms with Crippen molar-refractivity contribution in [1.29, 1.82) is 0 Å². The zero-order chi connectivity index (χ0) is 29.7. The predicted molar refractivity (Wildman–Crippen MR) is 155 cm³/mol. The van der Waals surface area contributed by atoms with Crippen LogP contribution in [0.3, 0.4) is 0 Å². The first-order valence-corrected chi connectivity index (χ1v) is 15.0. The van der Waals surface area contributed by atoms with Crippen LogP contribution in [0, 0.1) is 11.8 Å². The van der Waals surface area contributed by atoms with Gasteiger partial charge in [0.2, 0.25) is 11.8 Å². The molecule has 5 rings (SSSR count). The fraction of sp³-hybridized carbons (Fsp3) is 0.581. The number of unbranched alkanes of at least 4 members (excludes halogenated alkanes) is 4. The number of aliphatic hydroxyl groups is 1. The molecule has 2 amide bonds. The van der Waals surface area contributed by atoms with Gasteiger partial charge in [-0.15, -0.1) is 18.3 Å². The number of aliphatic hydroxyl groups excluding tert-OH is 1. The number of esters is 1. The number of aromatic nitrogens is 3. The Labute approximate surface area is 246 Å². The third-order valence-electron chi connectivity index (χ3n) is 8.80. The smallest absolute Gasteiger partial charge is 0.312 e. The Kier molecular flexibility index (Phi) is 9.37. The van der Waals surface area contributed by atoms with Gasteiger partial charge in [0.05, 0.1) is 30.1 Å². The molecule has 1 aromatic carbocycles. The highest BCUT2D eigenvalue weighted by Gasteiger charge is 2.75. The lowest BCUT2D eigenvalue weighted by Crippen LogP contribution is -2.56. The van der Waals surface area contributed by atoms with Crippen molar-refractivity contribution < 1.29 is 29.0 Å². The fourth-order valence-corrected chi connectivity index (χ4v) is 6.91. The highest BCUT2D eigenvalue weighted by Crippen LogP contribution is 2.58. The average Bonchev–Trinajstić information content (AvgIpc) is 3.74. The molecule has 1 spiro atoms. The van der Waals surface area contributed by atoms with E-state index in [1.165, 1.54) is 0 Å². The van der Waals surface area contributed by atoms with Gasteiger partial charge in [-0.3, -0.25) is 14.4 Å². The molecule has 0 radical (unpaired) electrons. The van der Waals surface area contributed by atoms with Gasteiger partial charge in [-0.2, -0.15) is 0 Å². The summed E-state index contributed by atoms with van der Waals surface area (Å²) in [5.74, 6) is -2.43. The van der Waals surface area contributed by atoms with E-state index in [1.54, 1.807) is 26.6 Å². The van der Waals surface area contributed by atoms with Gasteiger partial charge in [0.25, 0.3) is 0 Å². The molecular weight excluding hydrogens is 538 g/mol. The van der Waals surface area contributed by atoms with E-state index in [9.17, 15) is 14.4 Å². The van der Waals surface area contributed by atoms with Gasteiger partial charge in [-0.25, -0.2) is 4.68 Å². The molecule has 3 aliphatic heterocycles. The molecule has 11 nitrogen and oxygen atoms in total. The van der Waals surface area contributed by atoms with Crippen LogP contribution in [0.5, 0.6) is 0 Å². The lowest BCUT2D eigenvalue weighted by atomic mass is 9.70. The molecule has 2 unspecified atom stereocenters. The zero-order valence-corrected chi connectivity index (χ0v) is 24.1. The first-order chi connectivity index (χ1) is 20.5. The topological polar surface area (TPSA) is 127 Å². The fourth-order valence-electron chi connectivity index (χ4n) is 6.91. The monoisotopic (exact) mass is 579 g/mol. The summed E-state index contributed by atoms with van der Waals surface area (Å²) in [7, 11) is 0. The van der Waals surface area contributed by atoms with Crippen molar-refractivity contribution in [2.24, 2.45) is 11.8 Å². The van der Waals surface area contributed by atoms with Gasteiger partial charge < -0.3 is 24.4 Å². The van der Waals surface area contributed by atoms with E-state index in [0.29, 0.717) is 38.6 Å². The van der Waals surface area contributed by atoms with Crippen molar-refractivity contribution in [3.8, 4) is 0 Å². The Hall–Kier alpha value is -3.57. The number of rotatable bonds is 16. The predicted octanol–water partition coefficient (Wildman–Crippen LogP) is 2.84. The van der Waals surface area contributed by atoms with Crippen LogP contribution in [0.1, 0.15) is 51.4 Å². The van der Waals surface area contributed by atoms with Gasteiger partial charge in [0, 0.05) is 19.7 Å². The van der Waals surface area contributed by atoms with Crippen LogP contribution in [0.4, 0.5) is 0 Å². The van der Waals surface area contributed by atoms with E-state index in [4.69, 9.17) is 14.6 Å². The molecule has 1 aromatic heterocycles. The zero-order valence-electron chi connectivity index (χ0n) is 24.1. The maximum atomic E-state index is 14.5. The van der Waals surface area contributed by atoms with E-state index in [-0.39, 0.29) is 38.2 Å². The summed E-state index contributed by atoms with van der Waals surface area (Å²) in [6.45, 7) is 8.66. The average molecular weight is 580 g/mol. The number of ether oxygens (including phenoxy) is 2. The number of hydrogen-bond donors (Lipinski definition) is 1. The Morgan fingerprint density at radius 3 is 2.76 bits per heavy atom. The van der Waals surface area contributed by atoms with Crippen LogP contribution in [0.2, 0.25) is 0 Å². The SMILES string of the molecule is C=CCCCOC(=O)[C@@H]1[C@H]2C(=O)N(CCCCCCO)C(C(=O)N(CC=C)Cn3nnc4ccccc43)C23CC[C@H]1O3.